The molecular weight excluding hydrogens is 222 g/mol. The van der Waals surface area contributed by atoms with Crippen molar-refractivity contribution in [3.63, 3.8) is 0 Å². The van der Waals surface area contributed by atoms with Gasteiger partial charge in [-0.2, -0.15) is 0 Å². The van der Waals surface area contributed by atoms with Crippen molar-refractivity contribution in [1.29, 1.82) is 0 Å². The monoisotopic (exact) mass is 241 g/mol. The lowest BCUT2D eigenvalue weighted by Gasteiger charge is -2.34. The molecule has 1 aromatic carbocycles. The van der Waals surface area contributed by atoms with E-state index in [4.69, 9.17) is 4.42 Å². The first kappa shape index (κ1) is 11.5. The van der Waals surface area contributed by atoms with Crippen LogP contribution in [0.25, 0.3) is 0 Å². The highest BCUT2D eigenvalue weighted by Crippen LogP contribution is 2.36. The van der Waals surface area contributed by atoms with Crippen molar-refractivity contribution in [3.05, 3.63) is 60.1 Å². The van der Waals surface area contributed by atoms with E-state index in [0.29, 0.717) is 18.0 Å². The van der Waals surface area contributed by atoms with Gasteiger partial charge in [0.25, 0.3) is 0 Å². The summed E-state index contributed by atoms with van der Waals surface area (Å²) in [6.07, 6.45) is 4.04. The Bertz CT molecular complexity index is 477. The quantitative estimate of drug-likeness (QED) is 0.863. The summed E-state index contributed by atoms with van der Waals surface area (Å²) < 4.78 is 5.58. The molecule has 3 rings (SSSR count). The van der Waals surface area contributed by atoms with Crippen LogP contribution >= 0.6 is 0 Å². The molecule has 1 fully saturated rings. The van der Waals surface area contributed by atoms with E-state index in [-0.39, 0.29) is 0 Å². The molecule has 3 atom stereocenters. The zero-order valence-corrected chi connectivity index (χ0v) is 10.7. The van der Waals surface area contributed by atoms with Gasteiger partial charge in [0.1, 0.15) is 5.76 Å². The van der Waals surface area contributed by atoms with Crippen LogP contribution in [0.3, 0.4) is 0 Å². The molecule has 3 unspecified atom stereocenters. The number of nitrogens with one attached hydrogen (secondary N) is 1. The Balaban J connectivity index is 1.81. The standard InChI is InChI=1S/C16H19NO/c1-12-10-14(16-8-5-9-18-16)11-15(17-12)13-6-3-2-4-7-13/h2-9,12,14-15,17H,10-11H2,1H3. The third-order valence-corrected chi connectivity index (χ3v) is 3.79. The summed E-state index contributed by atoms with van der Waals surface area (Å²) in [6, 6.07) is 15.7. The van der Waals surface area contributed by atoms with E-state index in [1.807, 2.05) is 6.07 Å². The minimum atomic E-state index is 0.435. The average molecular weight is 241 g/mol. The van der Waals surface area contributed by atoms with E-state index in [0.717, 1.165) is 18.6 Å². The van der Waals surface area contributed by atoms with E-state index in [1.54, 1.807) is 6.26 Å². The Kier molecular flexibility index (Phi) is 3.20. The first-order chi connectivity index (χ1) is 8.83. The predicted molar refractivity (Wildman–Crippen MR) is 72.5 cm³/mol. The molecule has 1 N–H and O–H groups in total. The third-order valence-electron chi connectivity index (χ3n) is 3.79. The smallest absolute Gasteiger partial charge is 0.106 e. The first-order valence-electron chi connectivity index (χ1n) is 6.67. The maximum absolute atomic E-state index is 5.58. The van der Waals surface area contributed by atoms with Gasteiger partial charge >= 0.3 is 0 Å². The average Bonchev–Trinajstić information content (AvgIpc) is 2.93. The molecule has 2 nitrogen and oxygen atoms in total. The lowest BCUT2D eigenvalue weighted by atomic mass is 9.84. The van der Waals surface area contributed by atoms with Gasteiger partial charge in [0.15, 0.2) is 0 Å². The molecule has 2 heterocycles. The Morgan fingerprint density at radius 2 is 1.89 bits per heavy atom. The van der Waals surface area contributed by atoms with Gasteiger partial charge in [-0.05, 0) is 37.5 Å². The minimum Gasteiger partial charge on any atom is -0.469 e. The summed E-state index contributed by atoms with van der Waals surface area (Å²) in [5, 5.41) is 3.68. The van der Waals surface area contributed by atoms with Crippen LogP contribution in [0.2, 0.25) is 0 Å². The van der Waals surface area contributed by atoms with Gasteiger partial charge < -0.3 is 9.73 Å². The molecule has 1 aromatic heterocycles. The Morgan fingerprint density at radius 3 is 2.61 bits per heavy atom. The number of piperidine rings is 1. The van der Waals surface area contributed by atoms with Crippen LogP contribution in [0.5, 0.6) is 0 Å². The van der Waals surface area contributed by atoms with Gasteiger partial charge in [0.2, 0.25) is 0 Å². The molecular formula is C16H19NO. The zero-order chi connectivity index (χ0) is 12.4. The second-order valence-electron chi connectivity index (χ2n) is 5.21. The Morgan fingerprint density at radius 1 is 1.06 bits per heavy atom. The highest BCUT2D eigenvalue weighted by atomic mass is 16.3. The van der Waals surface area contributed by atoms with Crippen LogP contribution in [-0.4, -0.2) is 6.04 Å². The largest absolute Gasteiger partial charge is 0.469 e. The van der Waals surface area contributed by atoms with Crippen molar-refractivity contribution in [1.82, 2.24) is 5.32 Å². The lowest BCUT2D eigenvalue weighted by Crippen LogP contribution is -2.37. The lowest BCUT2D eigenvalue weighted by molar-refractivity contribution is 0.280. The van der Waals surface area contributed by atoms with Crippen LogP contribution in [0, 0.1) is 0 Å². The number of benzene rings is 1. The molecule has 94 valence electrons. The highest BCUT2D eigenvalue weighted by Gasteiger charge is 2.29. The molecule has 0 radical (unpaired) electrons. The Hall–Kier alpha value is -1.54. The molecule has 0 spiro atoms. The van der Waals surface area contributed by atoms with Crippen molar-refractivity contribution in [3.8, 4) is 0 Å². The topological polar surface area (TPSA) is 25.2 Å². The second-order valence-corrected chi connectivity index (χ2v) is 5.21. The van der Waals surface area contributed by atoms with Gasteiger partial charge in [-0.3, -0.25) is 0 Å². The van der Waals surface area contributed by atoms with Gasteiger partial charge in [-0.15, -0.1) is 0 Å². The summed E-state index contributed by atoms with van der Waals surface area (Å²) in [4.78, 5) is 0. The minimum absolute atomic E-state index is 0.435. The maximum atomic E-state index is 5.58. The van der Waals surface area contributed by atoms with Gasteiger partial charge in [-0.25, -0.2) is 0 Å². The fraction of sp³-hybridized carbons (Fsp3) is 0.375. The molecule has 0 bridgehead atoms. The van der Waals surface area contributed by atoms with Crippen molar-refractivity contribution in [2.45, 2.75) is 37.8 Å². The summed E-state index contributed by atoms with van der Waals surface area (Å²) in [5.74, 6) is 1.66. The molecule has 1 aliphatic heterocycles. The third kappa shape index (κ3) is 2.34. The van der Waals surface area contributed by atoms with Gasteiger partial charge in [-0.1, -0.05) is 30.3 Å². The summed E-state index contributed by atoms with van der Waals surface area (Å²) in [6.45, 7) is 2.26. The van der Waals surface area contributed by atoms with Crippen molar-refractivity contribution in [2.24, 2.45) is 0 Å². The van der Waals surface area contributed by atoms with Crippen molar-refractivity contribution >= 4 is 0 Å². The van der Waals surface area contributed by atoms with Crippen LogP contribution in [0.1, 0.15) is 43.0 Å². The summed E-state index contributed by atoms with van der Waals surface area (Å²) in [5.41, 5.74) is 1.38. The predicted octanol–water partition coefficient (Wildman–Crippen LogP) is 3.88. The van der Waals surface area contributed by atoms with Gasteiger partial charge in [0, 0.05) is 18.0 Å². The second kappa shape index (κ2) is 4.99. The maximum Gasteiger partial charge on any atom is 0.106 e. The fourth-order valence-electron chi connectivity index (χ4n) is 2.96. The van der Waals surface area contributed by atoms with Crippen LogP contribution in [-0.2, 0) is 0 Å². The number of rotatable bonds is 2. The highest BCUT2D eigenvalue weighted by molar-refractivity contribution is 5.21. The molecule has 1 aliphatic rings. The molecule has 1 saturated heterocycles. The van der Waals surface area contributed by atoms with E-state index < -0.39 is 0 Å². The molecule has 2 heteroatoms. The normalized spacial score (nSPS) is 28.2. The summed E-state index contributed by atoms with van der Waals surface area (Å²) in [7, 11) is 0. The molecule has 0 saturated carbocycles. The fourth-order valence-corrected chi connectivity index (χ4v) is 2.96. The molecule has 0 aliphatic carbocycles. The summed E-state index contributed by atoms with van der Waals surface area (Å²) >= 11 is 0. The van der Waals surface area contributed by atoms with E-state index in [2.05, 4.69) is 48.6 Å². The number of hydrogen-bond donors (Lipinski definition) is 1. The molecule has 2 aromatic rings. The van der Waals surface area contributed by atoms with Crippen LogP contribution in [0.15, 0.2) is 53.1 Å². The Labute approximate surface area is 108 Å². The zero-order valence-electron chi connectivity index (χ0n) is 10.7. The first-order valence-corrected chi connectivity index (χ1v) is 6.67. The van der Waals surface area contributed by atoms with E-state index >= 15 is 0 Å². The van der Waals surface area contributed by atoms with Gasteiger partial charge in [0.05, 0.1) is 6.26 Å². The van der Waals surface area contributed by atoms with E-state index in [9.17, 15) is 0 Å². The van der Waals surface area contributed by atoms with Crippen LogP contribution < -0.4 is 5.32 Å². The van der Waals surface area contributed by atoms with Crippen molar-refractivity contribution in [2.75, 3.05) is 0 Å². The molecule has 0 amide bonds. The number of hydrogen-bond acceptors (Lipinski definition) is 2. The van der Waals surface area contributed by atoms with Crippen molar-refractivity contribution < 1.29 is 4.42 Å². The molecule has 18 heavy (non-hydrogen) atoms. The van der Waals surface area contributed by atoms with Crippen LogP contribution in [0.4, 0.5) is 0 Å². The SMILES string of the molecule is CC1CC(c2ccco2)CC(c2ccccc2)N1. The number of furan rings is 1. The van der Waals surface area contributed by atoms with E-state index in [1.165, 1.54) is 5.56 Å².